The van der Waals surface area contributed by atoms with Crippen LogP contribution >= 0.6 is 0 Å². The average molecular weight is 324 g/mol. The van der Waals surface area contributed by atoms with E-state index in [1.807, 2.05) is 12.2 Å². The van der Waals surface area contributed by atoms with E-state index in [2.05, 4.69) is 0 Å². The summed E-state index contributed by atoms with van der Waals surface area (Å²) in [5, 5.41) is 0. The Morgan fingerprint density at radius 1 is 0.957 bits per heavy atom. The van der Waals surface area contributed by atoms with Gasteiger partial charge in [0.2, 0.25) is 0 Å². The van der Waals surface area contributed by atoms with Crippen molar-refractivity contribution >= 4 is 6.04 Å². The first-order valence-corrected chi connectivity index (χ1v) is 7.63. The van der Waals surface area contributed by atoms with Gasteiger partial charge < -0.3 is 18.9 Å². The molecule has 0 N–H and O–H groups in total. The van der Waals surface area contributed by atoms with Crippen LogP contribution < -0.4 is 9.47 Å². The number of carbonyl (C=O) groups is 1. The molecule has 126 valence electrons. The van der Waals surface area contributed by atoms with E-state index < -0.39 is 6.04 Å². The molecule has 0 radical (unpaired) electrons. The Morgan fingerprint density at radius 2 is 1.61 bits per heavy atom. The monoisotopic (exact) mass is 324 g/mol. The van der Waals surface area contributed by atoms with Crippen molar-refractivity contribution < 1.29 is 28.1 Å². The third-order valence-electron chi connectivity index (χ3n) is 3.18. The van der Waals surface area contributed by atoms with Gasteiger partial charge in [0.1, 0.15) is 13.2 Å². The third-order valence-corrected chi connectivity index (χ3v) is 3.18. The number of hydrogen-bond donors (Lipinski definition) is 0. The maximum atomic E-state index is 12.4. The Bertz CT molecular complexity index is 530. The molecular weight excluding hydrogens is 303 g/mol. The van der Waals surface area contributed by atoms with Crippen molar-refractivity contribution in [3.8, 4) is 11.5 Å². The Balaban J connectivity index is 2.02. The highest BCUT2D eigenvalue weighted by Gasteiger charge is 2.09. The maximum Gasteiger partial charge on any atom is 0.301 e. The minimum atomic E-state index is -1.32. The van der Waals surface area contributed by atoms with Crippen LogP contribution in [0.5, 0.6) is 11.5 Å². The fraction of sp³-hybridized carbons (Fsp3) is 0.471. The predicted molar refractivity (Wildman–Crippen MR) is 82.6 cm³/mol. The molecule has 5 nitrogen and oxygen atoms in total. The highest BCUT2D eigenvalue weighted by atomic mass is 19.1. The quantitative estimate of drug-likeness (QED) is 0.631. The van der Waals surface area contributed by atoms with E-state index in [0.29, 0.717) is 57.6 Å². The molecule has 0 saturated carbocycles. The molecule has 1 aliphatic rings. The van der Waals surface area contributed by atoms with E-state index in [-0.39, 0.29) is 6.42 Å². The predicted octanol–water partition coefficient (Wildman–Crippen LogP) is 2.48. The van der Waals surface area contributed by atoms with Crippen LogP contribution in [-0.4, -0.2) is 45.7 Å². The molecule has 0 saturated heterocycles. The molecule has 0 amide bonds. The smallest absolute Gasteiger partial charge is 0.301 e. The summed E-state index contributed by atoms with van der Waals surface area (Å²) >= 11 is 0. The molecule has 0 bridgehead atoms. The molecule has 1 aromatic rings. The Labute approximate surface area is 135 Å². The van der Waals surface area contributed by atoms with Gasteiger partial charge in [0.25, 0.3) is 0 Å². The van der Waals surface area contributed by atoms with E-state index in [4.69, 9.17) is 18.9 Å². The molecule has 0 fully saturated rings. The number of fused-ring (bicyclic) bond motifs is 1. The molecule has 0 aromatic heterocycles. The van der Waals surface area contributed by atoms with Crippen molar-refractivity contribution in [2.75, 3.05) is 39.6 Å². The van der Waals surface area contributed by atoms with Crippen LogP contribution in [0, 0.1) is 0 Å². The van der Waals surface area contributed by atoms with E-state index in [1.165, 1.54) is 0 Å². The van der Waals surface area contributed by atoms with Crippen LogP contribution in [0.25, 0.3) is 0 Å². The topological polar surface area (TPSA) is 54.0 Å². The second-order valence-corrected chi connectivity index (χ2v) is 4.95. The fourth-order valence-corrected chi connectivity index (χ4v) is 2.04. The summed E-state index contributed by atoms with van der Waals surface area (Å²) in [6, 6.07) is 4.01. The van der Waals surface area contributed by atoms with Crippen molar-refractivity contribution in [3.63, 3.8) is 0 Å². The second kappa shape index (κ2) is 9.97. The van der Waals surface area contributed by atoms with E-state index in [9.17, 15) is 9.18 Å². The lowest BCUT2D eigenvalue weighted by Crippen LogP contribution is -2.11. The SMILES string of the molecule is O=C(F)CCc1ccc2c(c1)OCCOCC=CCOCCO2. The minimum Gasteiger partial charge on any atom is -0.487 e. The van der Waals surface area contributed by atoms with Gasteiger partial charge in [-0.3, -0.25) is 4.79 Å². The molecular formula is C17H21FO5. The van der Waals surface area contributed by atoms with Gasteiger partial charge in [-0.2, -0.15) is 4.39 Å². The molecule has 2 rings (SSSR count). The molecule has 6 heteroatoms. The van der Waals surface area contributed by atoms with Crippen molar-refractivity contribution in [2.24, 2.45) is 0 Å². The largest absolute Gasteiger partial charge is 0.487 e. The average Bonchev–Trinajstić information content (AvgIpc) is 2.54. The number of carbonyl (C=O) groups excluding carboxylic acids is 1. The van der Waals surface area contributed by atoms with Crippen LogP contribution in [-0.2, 0) is 20.7 Å². The van der Waals surface area contributed by atoms with Gasteiger partial charge in [0, 0.05) is 6.42 Å². The third kappa shape index (κ3) is 6.80. The number of aryl methyl sites for hydroxylation is 1. The van der Waals surface area contributed by atoms with Crippen LogP contribution in [0.1, 0.15) is 12.0 Å². The summed E-state index contributed by atoms with van der Waals surface area (Å²) in [4.78, 5) is 10.5. The summed E-state index contributed by atoms with van der Waals surface area (Å²) in [7, 11) is 0. The summed E-state index contributed by atoms with van der Waals surface area (Å²) in [5.74, 6) is 1.15. The van der Waals surface area contributed by atoms with E-state index in [0.717, 1.165) is 5.56 Å². The fourth-order valence-electron chi connectivity index (χ4n) is 2.04. The van der Waals surface area contributed by atoms with E-state index in [1.54, 1.807) is 18.2 Å². The Kier molecular flexibility index (Phi) is 7.56. The van der Waals surface area contributed by atoms with Crippen molar-refractivity contribution in [3.05, 3.63) is 35.9 Å². The normalized spacial score (nSPS) is 16.6. The van der Waals surface area contributed by atoms with Crippen molar-refractivity contribution in [1.29, 1.82) is 0 Å². The standard InChI is InChI=1S/C17H21FO5/c18-17(19)6-4-14-3-5-15-16(13-14)23-12-10-21-8-2-1-7-20-9-11-22-15/h1-3,5,13H,4,6-12H2. The van der Waals surface area contributed by atoms with E-state index >= 15 is 0 Å². The van der Waals surface area contributed by atoms with Crippen molar-refractivity contribution in [1.82, 2.24) is 0 Å². The lowest BCUT2D eigenvalue weighted by molar-refractivity contribution is -0.129. The zero-order valence-electron chi connectivity index (χ0n) is 13.0. The lowest BCUT2D eigenvalue weighted by atomic mass is 10.1. The molecule has 0 aliphatic carbocycles. The van der Waals surface area contributed by atoms with Gasteiger partial charge in [-0.1, -0.05) is 18.2 Å². The maximum absolute atomic E-state index is 12.4. The van der Waals surface area contributed by atoms with Gasteiger partial charge in [-0.15, -0.1) is 0 Å². The molecule has 0 atom stereocenters. The summed E-state index contributed by atoms with van der Waals surface area (Å²) in [5.41, 5.74) is 0.819. The number of benzene rings is 1. The zero-order chi connectivity index (χ0) is 16.3. The first-order valence-electron chi connectivity index (χ1n) is 7.63. The zero-order valence-corrected chi connectivity index (χ0v) is 13.0. The van der Waals surface area contributed by atoms with Crippen molar-refractivity contribution in [2.45, 2.75) is 12.8 Å². The van der Waals surface area contributed by atoms with Crippen LogP contribution in [0.15, 0.2) is 30.4 Å². The van der Waals surface area contributed by atoms with Crippen LogP contribution in [0.4, 0.5) is 4.39 Å². The van der Waals surface area contributed by atoms with Gasteiger partial charge in [0.05, 0.1) is 26.4 Å². The number of rotatable bonds is 3. The summed E-state index contributed by atoms with van der Waals surface area (Å²) < 4.78 is 34.5. The first kappa shape index (κ1) is 17.4. The molecule has 0 unspecified atom stereocenters. The molecule has 1 heterocycles. The van der Waals surface area contributed by atoms with Crippen LogP contribution in [0.2, 0.25) is 0 Å². The molecule has 0 spiro atoms. The molecule has 1 aromatic carbocycles. The van der Waals surface area contributed by atoms with Gasteiger partial charge in [0.15, 0.2) is 11.5 Å². The number of hydrogen-bond acceptors (Lipinski definition) is 5. The number of ether oxygens (including phenoxy) is 4. The van der Waals surface area contributed by atoms with Gasteiger partial charge in [-0.05, 0) is 24.1 Å². The summed E-state index contributed by atoms with van der Waals surface area (Å²) in [6.45, 7) is 2.72. The molecule has 23 heavy (non-hydrogen) atoms. The summed E-state index contributed by atoms with van der Waals surface area (Å²) in [6.07, 6.45) is 3.99. The lowest BCUT2D eigenvalue weighted by Gasteiger charge is -2.14. The van der Waals surface area contributed by atoms with Gasteiger partial charge >= 0.3 is 6.04 Å². The molecule has 1 aliphatic heterocycles. The number of halogens is 1. The highest BCUT2D eigenvalue weighted by Crippen LogP contribution is 2.29. The Morgan fingerprint density at radius 3 is 2.26 bits per heavy atom. The van der Waals surface area contributed by atoms with Crippen LogP contribution in [0.3, 0.4) is 0 Å². The minimum absolute atomic E-state index is 0.136. The van der Waals surface area contributed by atoms with Gasteiger partial charge in [-0.25, -0.2) is 0 Å². The second-order valence-electron chi connectivity index (χ2n) is 4.95. The highest BCUT2D eigenvalue weighted by molar-refractivity contribution is 5.68. The first-order chi connectivity index (χ1) is 11.3. The Hall–Kier alpha value is -1.92.